The lowest BCUT2D eigenvalue weighted by molar-refractivity contribution is -0.342. The minimum absolute atomic E-state index is 0.138. The summed E-state index contributed by atoms with van der Waals surface area (Å²) >= 11 is 0.306. The van der Waals surface area contributed by atoms with Crippen molar-refractivity contribution in [3.63, 3.8) is 0 Å². The Morgan fingerprint density at radius 2 is 1.83 bits per heavy atom. The molecule has 0 aromatic carbocycles. The molecule has 0 spiro atoms. The Hall–Kier alpha value is -0.160. The average molecular weight is 390 g/mol. The molecule has 1 nitrogen and oxygen atoms in total. The Morgan fingerprint density at radius 1 is 1.26 bits per heavy atom. The van der Waals surface area contributed by atoms with Crippen LogP contribution < -0.4 is 0 Å². The van der Waals surface area contributed by atoms with E-state index in [-0.39, 0.29) is 41.5 Å². The van der Waals surface area contributed by atoms with Crippen LogP contribution in [-0.2, 0) is 0 Å². The van der Waals surface area contributed by atoms with Gasteiger partial charge in [0.05, 0.1) is 0 Å². The van der Waals surface area contributed by atoms with Crippen molar-refractivity contribution in [1.29, 1.82) is 0 Å². The lowest BCUT2D eigenvalue weighted by Crippen LogP contribution is -2.68. The van der Waals surface area contributed by atoms with Gasteiger partial charge in [-0.05, 0) is 12.2 Å². The highest BCUT2D eigenvalue weighted by Gasteiger charge is 2.82. The molecule has 0 aromatic rings. The van der Waals surface area contributed by atoms with E-state index in [1.807, 2.05) is 0 Å². The van der Waals surface area contributed by atoms with Crippen molar-refractivity contribution in [1.82, 2.24) is 0 Å². The maximum atomic E-state index is 14.4. The fraction of sp³-hybridized carbons (Fsp3) is 0.833. The van der Waals surface area contributed by atoms with Crippen LogP contribution in [0.3, 0.4) is 0 Å². The van der Waals surface area contributed by atoms with E-state index in [1.54, 1.807) is 0 Å². The van der Waals surface area contributed by atoms with Gasteiger partial charge in [0.1, 0.15) is 6.10 Å². The van der Waals surface area contributed by atoms with E-state index in [0.29, 0.717) is 0 Å². The van der Waals surface area contributed by atoms with E-state index in [4.69, 9.17) is 0 Å². The van der Waals surface area contributed by atoms with Crippen LogP contribution in [0.1, 0.15) is 13.3 Å². The molecule has 23 heavy (non-hydrogen) atoms. The Morgan fingerprint density at radius 3 is 2.26 bits per heavy atom. The average Bonchev–Trinajstić information content (AvgIpc) is 2.45. The van der Waals surface area contributed by atoms with Crippen molar-refractivity contribution in [3.8, 4) is 0 Å². The van der Waals surface area contributed by atoms with Gasteiger partial charge in [-0.15, -0.1) is 23.5 Å². The van der Waals surface area contributed by atoms with Crippen LogP contribution >= 0.6 is 23.5 Å². The van der Waals surface area contributed by atoms with Crippen molar-refractivity contribution in [2.45, 2.75) is 47.7 Å². The van der Waals surface area contributed by atoms with E-state index in [9.17, 15) is 40.2 Å². The van der Waals surface area contributed by atoms with Gasteiger partial charge in [-0.2, -0.15) is 26.3 Å². The molecule has 2 atom stereocenters. The Kier molecular flexibility index (Phi) is 6.35. The summed E-state index contributed by atoms with van der Waals surface area (Å²) in [6, 6.07) is 0. The van der Waals surface area contributed by atoms with Gasteiger partial charge in [-0.25, -0.2) is 8.78 Å². The second kappa shape index (κ2) is 6.99. The second-order valence-corrected chi connectivity index (χ2v) is 7.64. The topological polar surface area (TPSA) is 20.2 Å². The molecule has 1 aliphatic heterocycles. The zero-order chi connectivity index (χ0) is 18.1. The summed E-state index contributed by atoms with van der Waals surface area (Å²) in [4.78, 5) is 0. The molecule has 2 unspecified atom stereocenters. The first-order valence-electron chi connectivity index (χ1n) is 6.42. The molecule has 136 valence electrons. The molecule has 0 bridgehead atoms. The minimum Gasteiger partial charge on any atom is -0.386 e. The van der Waals surface area contributed by atoms with Gasteiger partial charge >= 0.3 is 24.2 Å². The summed E-state index contributed by atoms with van der Waals surface area (Å²) in [5.41, 5.74) is 0. The van der Waals surface area contributed by atoms with Gasteiger partial charge in [-0.1, -0.05) is 19.1 Å². The summed E-state index contributed by atoms with van der Waals surface area (Å²) < 4.78 is 104. The van der Waals surface area contributed by atoms with Gasteiger partial charge in [0, 0.05) is 5.75 Å². The first kappa shape index (κ1) is 20.9. The summed E-state index contributed by atoms with van der Waals surface area (Å²) in [6.45, 7) is 1.53. The molecule has 1 rings (SSSR count). The Balaban J connectivity index is 3.41. The number of hydrogen-bond acceptors (Lipinski definition) is 3. The van der Waals surface area contributed by atoms with E-state index >= 15 is 0 Å². The molecule has 0 fully saturated rings. The molecular formula is C12H14F8OS2. The zero-order valence-corrected chi connectivity index (χ0v) is 13.4. The third kappa shape index (κ3) is 3.20. The molecule has 0 aromatic heterocycles. The van der Waals surface area contributed by atoms with Crippen LogP contribution in [-0.4, -0.2) is 51.0 Å². The van der Waals surface area contributed by atoms with Crippen molar-refractivity contribution >= 4 is 23.5 Å². The van der Waals surface area contributed by atoms with Crippen molar-refractivity contribution < 1.29 is 40.2 Å². The lowest BCUT2D eigenvalue weighted by atomic mass is 9.97. The number of rotatable bonds is 7. The fourth-order valence-corrected chi connectivity index (χ4v) is 4.75. The third-order valence-corrected chi connectivity index (χ3v) is 6.68. The highest BCUT2D eigenvalue weighted by atomic mass is 32.2. The number of hydrogen-bond donors (Lipinski definition) is 1. The summed E-state index contributed by atoms with van der Waals surface area (Å²) in [5, 5.41) is 9.78. The molecule has 0 saturated heterocycles. The highest BCUT2D eigenvalue weighted by Crippen LogP contribution is 2.62. The van der Waals surface area contributed by atoms with Crippen LogP contribution in [0.25, 0.3) is 0 Å². The molecule has 11 heteroatoms. The van der Waals surface area contributed by atoms with Gasteiger partial charge in [0.2, 0.25) is 0 Å². The molecular weight excluding hydrogens is 376 g/mol. The molecule has 1 aliphatic rings. The van der Waals surface area contributed by atoms with Crippen LogP contribution in [0.5, 0.6) is 0 Å². The van der Waals surface area contributed by atoms with Crippen molar-refractivity contribution in [3.05, 3.63) is 12.2 Å². The normalized spacial score (nSPS) is 26.8. The molecule has 0 aliphatic carbocycles. The maximum Gasteiger partial charge on any atom is 0.380 e. The standard InChI is InChI=1S/C12H14F8OS2/c1-2-5-22-10(7(21)4-3-6-23-10)12(19,20)11(17,18)9(15,16)8(13)14/h3-4,7-8,21H,2,5-6H2,1H3. The number of halogens is 8. The quantitative estimate of drug-likeness (QED) is 0.504. The zero-order valence-electron chi connectivity index (χ0n) is 11.7. The van der Waals surface area contributed by atoms with E-state index in [2.05, 4.69) is 0 Å². The molecule has 1 N–H and O–H groups in total. The predicted molar refractivity (Wildman–Crippen MR) is 73.9 cm³/mol. The van der Waals surface area contributed by atoms with Crippen LogP contribution in [0.15, 0.2) is 12.2 Å². The fourth-order valence-electron chi connectivity index (χ4n) is 1.88. The van der Waals surface area contributed by atoms with Gasteiger partial charge in [-0.3, -0.25) is 0 Å². The first-order valence-corrected chi connectivity index (χ1v) is 8.39. The summed E-state index contributed by atoms with van der Waals surface area (Å²) in [5.74, 6) is -18.6. The monoisotopic (exact) mass is 390 g/mol. The lowest BCUT2D eigenvalue weighted by Gasteiger charge is -2.47. The van der Waals surface area contributed by atoms with Crippen LogP contribution in [0.2, 0.25) is 0 Å². The Labute approximate surface area is 135 Å². The molecule has 0 saturated carbocycles. The van der Waals surface area contributed by atoms with Crippen molar-refractivity contribution in [2.75, 3.05) is 11.5 Å². The van der Waals surface area contributed by atoms with Crippen LogP contribution in [0, 0.1) is 0 Å². The number of aliphatic hydroxyl groups excluding tert-OH is 1. The first-order chi connectivity index (χ1) is 10.4. The molecule has 0 amide bonds. The third-order valence-electron chi connectivity index (χ3n) is 3.15. The SMILES string of the molecule is CCCSC1(C(F)(F)C(F)(F)C(F)(F)C(F)F)SCC=CC1O. The van der Waals surface area contributed by atoms with Gasteiger partial charge in [0.15, 0.2) is 4.08 Å². The molecule has 1 heterocycles. The number of alkyl halides is 8. The van der Waals surface area contributed by atoms with E-state index in [0.717, 1.165) is 6.08 Å². The minimum atomic E-state index is -6.34. The maximum absolute atomic E-state index is 14.4. The smallest absolute Gasteiger partial charge is 0.380 e. The van der Waals surface area contributed by atoms with E-state index in [1.165, 1.54) is 13.0 Å². The summed E-state index contributed by atoms with van der Waals surface area (Å²) in [7, 11) is 0. The van der Waals surface area contributed by atoms with Crippen molar-refractivity contribution in [2.24, 2.45) is 0 Å². The van der Waals surface area contributed by atoms with Gasteiger partial charge < -0.3 is 5.11 Å². The summed E-state index contributed by atoms with van der Waals surface area (Å²) in [6.07, 6.45) is -4.95. The number of aliphatic hydroxyl groups is 1. The van der Waals surface area contributed by atoms with Crippen LogP contribution in [0.4, 0.5) is 35.1 Å². The Bertz CT molecular complexity index is 443. The second-order valence-electron chi connectivity index (χ2n) is 4.77. The molecule has 0 radical (unpaired) electrons. The predicted octanol–water partition coefficient (Wildman–Crippen LogP) is 4.66. The highest BCUT2D eigenvalue weighted by molar-refractivity contribution is 8.18. The number of thioether (sulfide) groups is 2. The largest absolute Gasteiger partial charge is 0.386 e. The van der Waals surface area contributed by atoms with Gasteiger partial charge in [0.25, 0.3) is 0 Å². The van der Waals surface area contributed by atoms with E-state index < -0.39 is 34.4 Å².